The molecule has 0 aromatic heterocycles. The maximum Gasteiger partial charge on any atom is 0.251 e. The zero-order chi connectivity index (χ0) is 13.2. The Morgan fingerprint density at radius 2 is 2.22 bits per heavy atom. The van der Waals surface area contributed by atoms with Crippen LogP contribution in [0.15, 0.2) is 22.7 Å². The smallest absolute Gasteiger partial charge is 0.251 e. The van der Waals surface area contributed by atoms with Crippen molar-refractivity contribution >= 4 is 21.8 Å². The van der Waals surface area contributed by atoms with E-state index in [0.29, 0.717) is 12.1 Å². The van der Waals surface area contributed by atoms with Crippen LogP contribution in [-0.4, -0.2) is 25.2 Å². The van der Waals surface area contributed by atoms with Gasteiger partial charge in [-0.1, -0.05) is 15.9 Å². The fourth-order valence-electron chi connectivity index (χ4n) is 2.15. The van der Waals surface area contributed by atoms with Gasteiger partial charge in [-0.15, -0.1) is 0 Å². The zero-order valence-electron chi connectivity index (χ0n) is 10.8. The minimum Gasteiger partial charge on any atom is -0.376 e. The first-order valence-corrected chi connectivity index (χ1v) is 6.95. The number of aryl methyl sites for hydroxylation is 1. The molecule has 0 atom stereocenters. The van der Waals surface area contributed by atoms with Crippen LogP contribution in [0.4, 0.5) is 0 Å². The minimum atomic E-state index is -0.125. The van der Waals surface area contributed by atoms with Crippen LogP contribution in [0.25, 0.3) is 0 Å². The van der Waals surface area contributed by atoms with Gasteiger partial charge in [-0.25, -0.2) is 0 Å². The van der Waals surface area contributed by atoms with Crippen molar-refractivity contribution in [2.24, 2.45) is 0 Å². The molecule has 1 aromatic carbocycles. The summed E-state index contributed by atoms with van der Waals surface area (Å²) in [6.45, 7) is 2.57. The van der Waals surface area contributed by atoms with Crippen molar-refractivity contribution in [1.82, 2.24) is 5.32 Å². The molecule has 1 fully saturated rings. The Balaban J connectivity index is 1.97. The van der Waals surface area contributed by atoms with Gasteiger partial charge in [-0.3, -0.25) is 4.79 Å². The summed E-state index contributed by atoms with van der Waals surface area (Å²) < 4.78 is 6.50. The first-order chi connectivity index (χ1) is 8.56. The van der Waals surface area contributed by atoms with Crippen molar-refractivity contribution < 1.29 is 9.53 Å². The molecule has 18 heavy (non-hydrogen) atoms. The number of nitrogens with one attached hydrogen (secondary N) is 1. The van der Waals surface area contributed by atoms with E-state index in [1.54, 1.807) is 7.11 Å². The molecule has 2 rings (SSSR count). The minimum absolute atomic E-state index is 0.0334. The predicted octanol–water partition coefficient (Wildman–Crippen LogP) is 3.06. The lowest BCUT2D eigenvalue weighted by Crippen LogP contribution is -2.49. The number of benzene rings is 1. The average Bonchev–Trinajstić information content (AvgIpc) is 2.31. The van der Waals surface area contributed by atoms with Crippen LogP contribution in [0.1, 0.15) is 35.2 Å². The molecule has 0 aliphatic heterocycles. The maximum atomic E-state index is 12.0. The molecule has 0 spiro atoms. The molecule has 1 aliphatic carbocycles. The molecule has 1 N–H and O–H groups in total. The lowest BCUT2D eigenvalue weighted by atomic mass is 9.80. The van der Waals surface area contributed by atoms with E-state index < -0.39 is 0 Å². The summed E-state index contributed by atoms with van der Waals surface area (Å²) in [4.78, 5) is 12.0. The highest BCUT2D eigenvalue weighted by Gasteiger charge is 2.37. The van der Waals surface area contributed by atoms with Gasteiger partial charge in [-0.05, 0) is 49.9 Å². The number of halogens is 1. The van der Waals surface area contributed by atoms with E-state index in [9.17, 15) is 4.79 Å². The summed E-state index contributed by atoms with van der Waals surface area (Å²) >= 11 is 3.43. The predicted molar refractivity (Wildman–Crippen MR) is 74.8 cm³/mol. The summed E-state index contributed by atoms with van der Waals surface area (Å²) in [5.41, 5.74) is 1.63. The van der Waals surface area contributed by atoms with Crippen molar-refractivity contribution in [2.45, 2.75) is 31.8 Å². The first-order valence-electron chi connectivity index (χ1n) is 6.16. The van der Waals surface area contributed by atoms with Crippen molar-refractivity contribution in [2.75, 3.05) is 13.7 Å². The average molecular weight is 312 g/mol. The Kier molecular flexibility index (Phi) is 4.07. The topological polar surface area (TPSA) is 38.3 Å². The Labute approximate surface area is 116 Å². The van der Waals surface area contributed by atoms with E-state index in [1.807, 2.05) is 25.1 Å². The Bertz CT molecular complexity index is 450. The van der Waals surface area contributed by atoms with E-state index in [2.05, 4.69) is 21.2 Å². The third-order valence-electron chi connectivity index (χ3n) is 3.69. The van der Waals surface area contributed by atoms with Gasteiger partial charge in [-0.2, -0.15) is 0 Å². The summed E-state index contributed by atoms with van der Waals surface area (Å²) in [7, 11) is 1.72. The van der Waals surface area contributed by atoms with Gasteiger partial charge in [0.25, 0.3) is 5.91 Å². The Morgan fingerprint density at radius 1 is 1.50 bits per heavy atom. The normalized spacial score (nSPS) is 17.1. The van der Waals surface area contributed by atoms with E-state index in [4.69, 9.17) is 4.74 Å². The maximum absolute atomic E-state index is 12.0. The Hall–Kier alpha value is -0.870. The van der Waals surface area contributed by atoms with Crippen molar-refractivity contribution in [3.63, 3.8) is 0 Å². The van der Waals surface area contributed by atoms with Crippen LogP contribution >= 0.6 is 15.9 Å². The molecule has 98 valence electrons. The van der Waals surface area contributed by atoms with E-state index in [-0.39, 0.29) is 11.5 Å². The van der Waals surface area contributed by atoms with Gasteiger partial charge in [0.05, 0.1) is 5.60 Å². The molecular weight excluding hydrogens is 294 g/mol. The number of hydrogen-bond donors (Lipinski definition) is 1. The first kappa shape index (κ1) is 13.6. The summed E-state index contributed by atoms with van der Waals surface area (Å²) in [5.74, 6) is -0.0334. The van der Waals surface area contributed by atoms with Crippen LogP contribution in [0, 0.1) is 6.92 Å². The lowest BCUT2D eigenvalue weighted by Gasteiger charge is -2.40. The second-order valence-electron chi connectivity index (χ2n) is 4.89. The second kappa shape index (κ2) is 5.41. The summed E-state index contributed by atoms with van der Waals surface area (Å²) in [6, 6.07) is 5.62. The number of methoxy groups -OCH3 is 1. The summed E-state index contributed by atoms with van der Waals surface area (Å²) in [6.07, 6.45) is 3.24. The van der Waals surface area contributed by atoms with Gasteiger partial charge < -0.3 is 10.1 Å². The van der Waals surface area contributed by atoms with E-state index >= 15 is 0 Å². The number of hydrogen-bond acceptors (Lipinski definition) is 2. The molecule has 1 saturated carbocycles. The molecule has 1 aromatic rings. The number of carbonyl (C=O) groups is 1. The zero-order valence-corrected chi connectivity index (χ0v) is 12.3. The highest BCUT2D eigenvalue weighted by molar-refractivity contribution is 9.10. The van der Waals surface area contributed by atoms with Crippen LogP contribution in [-0.2, 0) is 4.74 Å². The fraction of sp³-hybridized carbons (Fsp3) is 0.500. The van der Waals surface area contributed by atoms with Gasteiger partial charge in [0.1, 0.15) is 0 Å². The van der Waals surface area contributed by atoms with Gasteiger partial charge >= 0.3 is 0 Å². The third-order valence-corrected chi connectivity index (χ3v) is 4.58. The SMILES string of the molecule is COC1(CNC(=O)c2ccc(Br)c(C)c2)CCC1. The molecular formula is C14H18BrNO2. The van der Waals surface area contributed by atoms with Crippen molar-refractivity contribution in [3.8, 4) is 0 Å². The quantitative estimate of drug-likeness (QED) is 0.928. The van der Waals surface area contributed by atoms with Crippen LogP contribution in [0.5, 0.6) is 0 Å². The number of rotatable bonds is 4. The standard InChI is InChI=1S/C14H18BrNO2/c1-10-8-11(4-5-12(10)15)13(17)16-9-14(18-2)6-3-7-14/h4-5,8H,3,6-7,9H2,1-2H3,(H,16,17). The molecule has 3 nitrogen and oxygen atoms in total. The third kappa shape index (κ3) is 2.75. The molecule has 0 bridgehead atoms. The number of ether oxygens (including phenoxy) is 1. The highest BCUT2D eigenvalue weighted by atomic mass is 79.9. The highest BCUT2D eigenvalue weighted by Crippen LogP contribution is 2.34. The number of amides is 1. The van der Waals surface area contributed by atoms with E-state index in [1.165, 1.54) is 6.42 Å². The van der Waals surface area contributed by atoms with Crippen LogP contribution in [0.2, 0.25) is 0 Å². The van der Waals surface area contributed by atoms with Gasteiger partial charge in [0.2, 0.25) is 0 Å². The summed E-state index contributed by atoms with van der Waals surface area (Å²) in [5, 5.41) is 2.96. The fourth-order valence-corrected chi connectivity index (χ4v) is 2.40. The molecule has 0 heterocycles. The van der Waals surface area contributed by atoms with Crippen LogP contribution < -0.4 is 5.32 Å². The second-order valence-corrected chi connectivity index (χ2v) is 5.74. The van der Waals surface area contributed by atoms with Crippen LogP contribution in [0.3, 0.4) is 0 Å². The molecule has 0 saturated heterocycles. The molecule has 1 amide bonds. The molecule has 0 radical (unpaired) electrons. The molecule has 0 unspecified atom stereocenters. The number of carbonyl (C=O) groups excluding carboxylic acids is 1. The largest absolute Gasteiger partial charge is 0.376 e. The van der Waals surface area contributed by atoms with E-state index in [0.717, 1.165) is 22.9 Å². The monoisotopic (exact) mass is 311 g/mol. The molecule has 4 heteroatoms. The van der Waals surface area contributed by atoms with Crippen molar-refractivity contribution in [3.05, 3.63) is 33.8 Å². The van der Waals surface area contributed by atoms with Crippen molar-refractivity contribution in [1.29, 1.82) is 0 Å². The Morgan fingerprint density at radius 3 is 2.72 bits per heavy atom. The lowest BCUT2D eigenvalue weighted by molar-refractivity contribution is -0.0679. The van der Waals surface area contributed by atoms with Gasteiger partial charge in [0, 0.05) is 23.7 Å². The molecule has 1 aliphatic rings. The van der Waals surface area contributed by atoms with Gasteiger partial charge in [0.15, 0.2) is 0 Å².